The molecular weight excluding hydrogens is 369 g/mol. The van der Waals surface area contributed by atoms with E-state index in [0.29, 0.717) is 11.1 Å². The molecule has 3 heteroatoms. The van der Waals surface area contributed by atoms with Crippen LogP contribution in [-0.4, -0.2) is 0 Å². The Balaban J connectivity index is 1.44. The lowest BCUT2D eigenvalue weighted by atomic mass is 9.77. The summed E-state index contributed by atoms with van der Waals surface area (Å²) in [5.41, 5.74) is 2.32. The van der Waals surface area contributed by atoms with Crippen molar-refractivity contribution in [2.45, 2.75) is 77.6 Å². The van der Waals surface area contributed by atoms with Crippen molar-refractivity contribution in [3.8, 4) is 11.1 Å². The van der Waals surface area contributed by atoms with E-state index >= 15 is 0 Å². The molecule has 1 saturated carbocycles. The maximum atomic E-state index is 13.4. The second-order valence-corrected chi connectivity index (χ2v) is 8.73. The average Bonchev–Trinajstić information content (AvgIpc) is 2.74. The Morgan fingerprint density at radius 3 is 1.90 bits per heavy atom. The van der Waals surface area contributed by atoms with E-state index in [9.17, 15) is 13.2 Å². The van der Waals surface area contributed by atoms with Crippen LogP contribution >= 0.6 is 0 Å². The number of unbranched alkanes of at least 4 members (excludes halogenated alkanes) is 3. The molecule has 0 amide bonds. The highest BCUT2D eigenvalue weighted by Crippen LogP contribution is 2.34. The zero-order valence-corrected chi connectivity index (χ0v) is 17.5. The number of aryl methyl sites for hydroxylation is 1. The van der Waals surface area contributed by atoms with Crippen molar-refractivity contribution >= 4 is 0 Å². The molecular formula is C26H33F3. The van der Waals surface area contributed by atoms with Crippen LogP contribution in [0.1, 0.15) is 76.7 Å². The van der Waals surface area contributed by atoms with Crippen molar-refractivity contribution in [2.75, 3.05) is 0 Å². The van der Waals surface area contributed by atoms with E-state index in [0.717, 1.165) is 30.4 Å². The molecule has 29 heavy (non-hydrogen) atoms. The largest absolute Gasteiger partial charge is 0.204 e. The lowest BCUT2D eigenvalue weighted by Crippen LogP contribution is -2.15. The monoisotopic (exact) mass is 402 g/mol. The summed E-state index contributed by atoms with van der Waals surface area (Å²) < 4.78 is 40.0. The highest BCUT2D eigenvalue weighted by molar-refractivity contribution is 5.63. The van der Waals surface area contributed by atoms with E-state index in [-0.39, 0.29) is 0 Å². The van der Waals surface area contributed by atoms with Crippen molar-refractivity contribution in [3.05, 3.63) is 59.4 Å². The second kappa shape index (κ2) is 10.8. The van der Waals surface area contributed by atoms with Gasteiger partial charge in [0.25, 0.3) is 0 Å². The smallest absolute Gasteiger partial charge is 0.194 e. The van der Waals surface area contributed by atoms with Crippen LogP contribution in [0.2, 0.25) is 0 Å². The fourth-order valence-corrected chi connectivity index (χ4v) is 4.63. The third kappa shape index (κ3) is 6.35. The standard InChI is InChI=1S/C26H33F3/c1-2-3-4-5-6-19-7-9-20(10-8-19)11-12-21-13-15-22(16-14-21)23-17-24(27)26(29)25(28)18-23/h13-20H,2-12H2,1H3/t19-,20-. The molecule has 0 heterocycles. The maximum Gasteiger partial charge on any atom is 0.194 e. The fourth-order valence-electron chi connectivity index (χ4n) is 4.63. The Bertz CT molecular complexity index is 735. The van der Waals surface area contributed by atoms with Gasteiger partial charge in [-0.2, -0.15) is 0 Å². The molecule has 0 unspecified atom stereocenters. The van der Waals surface area contributed by atoms with Crippen molar-refractivity contribution in [1.29, 1.82) is 0 Å². The Morgan fingerprint density at radius 1 is 0.724 bits per heavy atom. The van der Waals surface area contributed by atoms with Crippen molar-refractivity contribution in [3.63, 3.8) is 0 Å². The molecule has 0 aliphatic heterocycles. The van der Waals surface area contributed by atoms with Crippen LogP contribution in [0.4, 0.5) is 13.2 Å². The van der Waals surface area contributed by atoms with E-state index in [1.807, 2.05) is 24.3 Å². The van der Waals surface area contributed by atoms with Crippen molar-refractivity contribution in [2.24, 2.45) is 11.8 Å². The summed E-state index contributed by atoms with van der Waals surface area (Å²) in [5.74, 6) is -1.95. The van der Waals surface area contributed by atoms with Gasteiger partial charge >= 0.3 is 0 Å². The summed E-state index contributed by atoms with van der Waals surface area (Å²) in [6.07, 6.45) is 14.6. The Hall–Kier alpha value is -1.77. The molecule has 0 atom stereocenters. The highest BCUT2D eigenvalue weighted by atomic mass is 19.2. The number of hydrogen-bond donors (Lipinski definition) is 0. The lowest BCUT2D eigenvalue weighted by Gasteiger charge is -2.28. The molecule has 0 aromatic heterocycles. The van der Waals surface area contributed by atoms with Crippen molar-refractivity contribution in [1.82, 2.24) is 0 Å². The van der Waals surface area contributed by atoms with Gasteiger partial charge in [-0.05, 0) is 53.5 Å². The minimum absolute atomic E-state index is 0.366. The van der Waals surface area contributed by atoms with Gasteiger partial charge in [0, 0.05) is 0 Å². The van der Waals surface area contributed by atoms with Crippen LogP contribution in [-0.2, 0) is 6.42 Å². The van der Waals surface area contributed by atoms with Crippen LogP contribution < -0.4 is 0 Å². The molecule has 0 radical (unpaired) electrons. The van der Waals surface area contributed by atoms with Gasteiger partial charge in [0.2, 0.25) is 0 Å². The van der Waals surface area contributed by atoms with Crippen LogP contribution in [0.5, 0.6) is 0 Å². The van der Waals surface area contributed by atoms with Gasteiger partial charge in [-0.15, -0.1) is 0 Å². The normalized spacial score (nSPS) is 19.4. The molecule has 0 nitrogen and oxygen atoms in total. The molecule has 2 aromatic carbocycles. The van der Waals surface area contributed by atoms with Gasteiger partial charge in [0.15, 0.2) is 17.5 Å². The van der Waals surface area contributed by atoms with Crippen LogP contribution in [0, 0.1) is 29.3 Å². The summed E-state index contributed by atoms with van der Waals surface area (Å²) >= 11 is 0. The first-order valence-electron chi connectivity index (χ1n) is 11.3. The first kappa shape index (κ1) is 21.9. The Labute approximate surface area is 173 Å². The summed E-state index contributed by atoms with van der Waals surface area (Å²) in [6.45, 7) is 2.27. The molecule has 0 N–H and O–H groups in total. The van der Waals surface area contributed by atoms with Gasteiger partial charge in [0.1, 0.15) is 0 Å². The van der Waals surface area contributed by atoms with Crippen LogP contribution in [0.25, 0.3) is 11.1 Å². The van der Waals surface area contributed by atoms with E-state index in [2.05, 4.69) is 6.92 Å². The lowest BCUT2D eigenvalue weighted by molar-refractivity contribution is 0.249. The van der Waals surface area contributed by atoms with E-state index < -0.39 is 17.5 Å². The first-order valence-corrected chi connectivity index (χ1v) is 11.3. The Morgan fingerprint density at radius 2 is 1.31 bits per heavy atom. The molecule has 0 bridgehead atoms. The number of rotatable bonds is 9. The van der Waals surface area contributed by atoms with Gasteiger partial charge in [0.05, 0.1) is 0 Å². The van der Waals surface area contributed by atoms with Gasteiger partial charge in [-0.25, -0.2) is 13.2 Å². The summed E-state index contributed by atoms with van der Waals surface area (Å²) in [4.78, 5) is 0. The predicted octanol–water partition coefficient (Wildman–Crippen LogP) is 8.48. The zero-order chi connectivity index (χ0) is 20.6. The molecule has 2 aromatic rings. The SMILES string of the molecule is CCCCCC[C@H]1CC[C@H](CCc2ccc(-c3cc(F)c(F)c(F)c3)cc2)CC1. The summed E-state index contributed by atoms with van der Waals surface area (Å²) in [6, 6.07) is 9.88. The van der Waals surface area contributed by atoms with E-state index in [1.165, 1.54) is 69.8 Å². The molecule has 3 rings (SSSR count). The fraction of sp³-hybridized carbons (Fsp3) is 0.538. The molecule has 0 saturated heterocycles. The highest BCUT2D eigenvalue weighted by Gasteiger charge is 2.20. The third-order valence-electron chi connectivity index (χ3n) is 6.54. The second-order valence-electron chi connectivity index (χ2n) is 8.73. The maximum absolute atomic E-state index is 13.4. The molecule has 1 aliphatic rings. The van der Waals surface area contributed by atoms with Crippen LogP contribution in [0.15, 0.2) is 36.4 Å². The minimum Gasteiger partial charge on any atom is -0.204 e. The topological polar surface area (TPSA) is 0 Å². The van der Waals surface area contributed by atoms with E-state index in [1.54, 1.807) is 0 Å². The molecule has 158 valence electrons. The van der Waals surface area contributed by atoms with Crippen molar-refractivity contribution < 1.29 is 13.2 Å². The Kier molecular flexibility index (Phi) is 8.20. The quantitative estimate of drug-likeness (QED) is 0.291. The predicted molar refractivity (Wildman–Crippen MR) is 114 cm³/mol. The number of hydrogen-bond acceptors (Lipinski definition) is 0. The zero-order valence-electron chi connectivity index (χ0n) is 17.5. The minimum atomic E-state index is -1.42. The number of halogens is 3. The third-order valence-corrected chi connectivity index (χ3v) is 6.54. The van der Waals surface area contributed by atoms with Crippen LogP contribution in [0.3, 0.4) is 0 Å². The molecule has 1 fully saturated rings. The molecule has 1 aliphatic carbocycles. The van der Waals surface area contributed by atoms with Gasteiger partial charge < -0.3 is 0 Å². The average molecular weight is 403 g/mol. The van der Waals surface area contributed by atoms with Gasteiger partial charge in [-0.3, -0.25) is 0 Å². The summed E-state index contributed by atoms with van der Waals surface area (Å²) in [7, 11) is 0. The summed E-state index contributed by atoms with van der Waals surface area (Å²) in [5, 5.41) is 0. The molecule has 0 spiro atoms. The van der Waals surface area contributed by atoms with Gasteiger partial charge in [-0.1, -0.05) is 89.0 Å². The van der Waals surface area contributed by atoms with E-state index in [4.69, 9.17) is 0 Å². The first-order chi connectivity index (χ1) is 14.1. The number of benzene rings is 2.